The quantitative estimate of drug-likeness (QED) is 0.612. The van der Waals surface area contributed by atoms with Gasteiger partial charge in [0, 0.05) is 13.5 Å². The fourth-order valence-electron chi connectivity index (χ4n) is 1.62. The lowest BCUT2D eigenvalue weighted by Gasteiger charge is -2.19. The Hall–Kier alpha value is -1.51. The lowest BCUT2D eigenvalue weighted by atomic mass is 10.2. The molecule has 0 saturated carbocycles. The van der Waals surface area contributed by atoms with Gasteiger partial charge in [-0.3, -0.25) is 4.79 Å². The van der Waals surface area contributed by atoms with Crippen LogP contribution < -0.4 is 10.6 Å². The van der Waals surface area contributed by atoms with Crippen LogP contribution in [-0.2, 0) is 4.79 Å². The average Bonchev–Trinajstić information content (AvgIpc) is 2.29. The molecule has 2 N–H and O–H groups in total. The molecular weight excluding hydrogens is 200 g/mol. The number of carbonyl (C=O) groups excluding carboxylic acids is 1. The molecule has 0 atom stereocenters. The zero-order chi connectivity index (χ0) is 12.0. The van der Waals surface area contributed by atoms with Crippen LogP contribution in [0.3, 0.4) is 0 Å². The highest BCUT2D eigenvalue weighted by molar-refractivity contribution is 5.95. The maximum Gasteiger partial charge on any atom is 0.226 e. The van der Waals surface area contributed by atoms with Crippen molar-refractivity contribution in [2.75, 3.05) is 17.7 Å². The average molecular weight is 220 g/mol. The zero-order valence-corrected chi connectivity index (χ0v) is 10.1. The van der Waals surface area contributed by atoms with Crippen LogP contribution in [0.15, 0.2) is 24.3 Å². The second kappa shape index (κ2) is 6.16. The van der Waals surface area contributed by atoms with Gasteiger partial charge in [0.05, 0.1) is 11.4 Å². The Balaban J connectivity index is 2.60. The molecule has 0 fully saturated rings. The van der Waals surface area contributed by atoms with E-state index in [2.05, 4.69) is 6.92 Å². The molecule has 0 aromatic heterocycles. The third-order valence-electron chi connectivity index (χ3n) is 2.67. The molecule has 0 aliphatic heterocycles. The van der Waals surface area contributed by atoms with Crippen molar-refractivity contribution in [3.8, 4) is 0 Å². The highest BCUT2D eigenvalue weighted by Crippen LogP contribution is 2.21. The van der Waals surface area contributed by atoms with E-state index >= 15 is 0 Å². The summed E-state index contributed by atoms with van der Waals surface area (Å²) in [7, 11) is 1.78. The van der Waals surface area contributed by atoms with Gasteiger partial charge in [0.25, 0.3) is 0 Å². The first kappa shape index (κ1) is 12.6. The predicted molar refractivity (Wildman–Crippen MR) is 68.4 cm³/mol. The van der Waals surface area contributed by atoms with Crippen LogP contribution in [0, 0.1) is 0 Å². The topological polar surface area (TPSA) is 46.3 Å². The SMILES string of the molecule is CCCCCC(=O)N(C)c1ccccc1N. The van der Waals surface area contributed by atoms with Crippen molar-refractivity contribution in [1.82, 2.24) is 0 Å². The van der Waals surface area contributed by atoms with E-state index in [4.69, 9.17) is 5.73 Å². The molecule has 1 rings (SSSR count). The highest BCUT2D eigenvalue weighted by Gasteiger charge is 2.11. The van der Waals surface area contributed by atoms with E-state index in [1.807, 2.05) is 24.3 Å². The molecule has 0 aliphatic rings. The summed E-state index contributed by atoms with van der Waals surface area (Å²) >= 11 is 0. The number of hydrogen-bond acceptors (Lipinski definition) is 2. The van der Waals surface area contributed by atoms with Crippen molar-refractivity contribution in [3.05, 3.63) is 24.3 Å². The summed E-state index contributed by atoms with van der Waals surface area (Å²) in [5.74, 6) is 0.131. The van der Waals surface area contributed by atoms with E-state index in [9.17, 15) is 4.79 Å². The van der Waals surface area contributed by atoms with Gasteiger partial charge in [0.1, 0.15) is 0 Å². The number of benzene rings is 1. The first-order chi connectivity index (χ1) is 7.66. The van der Waals surface area contributed by atoms with Crippen LogP contribution in [0.2, 0.25) is 0 Å². The maximum absolute atomic E-state index is 11.8. The van der Waals surface area contributed by atoms with Gasteiger partial charge in [-0.25, -0.2) is 0 Å². The van der Waals surface area contributed by atoms with Crippen molar-refractivity contribution >= 4 is 17.3 Å². The number of nitrogens with zero attached hydrogens (tertiary/aromatic N) is 1. The second-order valence-electron chi connectivity index (χ2n) is 3.97. The molecule has 0 heterocycles. The van der Waals surface area contributed by atoms with Gasteiger partial charge in [-0.15, -0.1) is 0 Å². The third kappa shape index (κ3) is 3.26. The van der Waals surface area contributed by atoms with Crippen LogP contribution in [0.4, 0.5) is 11.4 Å². The van der Waals surface area contributed by atoms with E-state index in [0.29, 0.717) is 12.1 Å². The van der Waals surface area contributed by atoms with Gasteiger partial charge in [-0.1, -0.05) is 31.9 Å². The summed E-state index contributed by atoms with van der Waals surface area (Å²) in [5.41, 5.74) is 7.26. The molecule has 0 spiro atoms. The number of nitrogens with two attached hydrogens (primary N) is 1. The fraction of sp³-hybridized carbons (Fsp3) is 0.462. The molecule has 16 heavy (non-hydrogen) atoms. The maximum atomic E-state index is 11.8. The van der Waals surface area contributed by atoms with Crippen molar-refractivity contribution in [3.63, 3.8) is 0 Å². The summed E-state index contributed by atoms with van der Waals surface area (Å²) in [5, 5.41) is 0. The van der Waals surface area contributed by atoms with E-state index in [-0.39, 0.29) is 5.91 Å². The number of nitrogen functional groups attached to an aromatic ring is 1. The van der Waals surface area contributed by atoms with Crippen LogP contribution in [0.5, 0.6) is 0 Å². The van der Waals surface area contributed by atoms with Crippen molar-refractivity contribution in [1.29, 1.82) is 0 Å². The molecule has 1 amide bonds. The molecule has 0 saturated heterocycles. The lowest BCUT2D eigenvalue weighted by molar-refractivity contribution is -0.118. The smallest absolute Gasteiger partial charge is 0.226 e. The molecular formula is C13H20N2O. The minimum Gasteiger partial charge on any atom is -0.397 e. The standard InChI is InChI=1S/C13H20N2O/c1-3-4-5-10-13(16)15(2)12-9-7-6-8-11(12)14/h6-9H,3-5,10,14H2,1-2H3. The minimum absolute atomic E-state index is 0.131. The van der Waals surface area contributed by atoms with Crippen LogP contribution in [-0.4, -0.2) is 13.0 Å². The molecule has 0 radical (unpaired) electrons. The van der Waals surface area contributed by atoms with Crippen molar-refractivity contribution in [2.45, 2.75) is 32.6 Å². The Morgan fingerprint density at radius 3 is 2.62 bits per heavy atom. The monoisotopic (exact) mass is 220 g/mol. The molecule has 0 aliphatic carbocycles. The van der Waals surface area contributed by atoms with E-state index < -0.39 is 0 Å². The Morgan fingerprint density at radius 1 is 1.31 bits per heavy atom. The Labute approximate surface area is 97.2 Å². The van der Waals surface area contributed by atoms with E-state index in [1.165, 1.54) is 0 Å². The zero-order valence-electron chi connectivity index (χ0n) is 10.1. The Kier molecular flexibility index (Phi) is 4.83. The van der Waals surface area contributed by atoms with Crippen LogP contribution in [0.1, 0.15) is 32.6 Å². The van der Waals surface area contributed by atoms with E-state index in [1.54, 1.807) is 11.9 Å². The van der Waals surface area contributed by atoms with Crippen LogP contribution in [0.25, 0.3) is 0 Å². The normalized spacial score (nSPS) is 10.1. The Bertz CT molecular complexity index is 350. The summed E-state index contributed by atoms with van der Waals surface area (Å²) < 4.78 is 0. The number of unbranched alkanes of at least 4 members (excludes halogenated alkanes) is 2. The molecule has 3 nitrogen and oxygen atoms in total. The fourth-order valence-corrected chi connectivity index (χ4v) is 1.62. The van der Waals surface area contributed by atoms with Crippen molar-refractivity contribution < 1.29 is 4.79 Å². The van der Waals surface area contributed by atoms with Gasteiger partial charge < -0.3 is 10.6 Å². The number of anilines is 2. The molecule has 0 bridgehead atoms. The summed E-state index contributed by atoms with van der Waals surface area (Å²) in [4.78, 5) is 13.5. The number of para-hydroxylation sites is 2. The number of rotatable bonds is 5. The second-order valence-corrected chi connectivity index (χ2v) is 3.97. The number of amides is 1. The first-order valence-electron chi connectivity index (χ1n) is 5.78. The molecule has 0 unspecified atom stereocenters. The van der Waals surface area contributed by atoms with Gasteiger partial charge in [-0.05, 0) is 18.6 Å². The van der Waals surface area contributed by atoms with Gasteiger partial charge in [-0.2, -0.15) is 0 Å². The lowest BCUT2D eigenvalue weighted by Crippen LogP contribution is -2.26. The largest absolute Gasteiger partial charge is 0.397 e. The van der Waals surface area contributed by atoms with Crippen LogP contribution >= 0.6 is 0 Å². The first-order valence-corrected chi connectivity index (χ1v) is 5.78. The predicted octanol–water partition coefficient (Wildman–Crippen LogP) is 2.81. The summed E-state index contributed by atoms with van der Waals surface area (Å²) in [6, 6.07) is 7.44. The number of carbonyl (C=O) groups is 1. The van der Waals surface area contributed by atoms with Gasteiger partial charge in [0.15, 0.2) is 0 Å². The van der Waals surface area contributed by atoms with E-state index in [0.717, 1.165) is 24.9 Å². The third-order valence-corrected chi connectivity index (χ3v) is 2.67. The molecule has 1 aromatic carbocycles. The van der Waals surface area contributed by atoms with Gasteiger partial charge >= 0.3 is 0 Å². The minimum atomic E-state index is 0.131. The highest BCUT2D eigenvalue weighted by atomic mass is 16.2. The molecule has 3 heteroatoms. The summed E-state index contributed by atoms with van der Waals surface area (Å²) in [6.07, 6.45) is 3.78. The number of hydrogen-bond donors (Lipinski definition) is 1. The summed E-state index contributed by atoms with van der Waals surface area (Å²) in [6.45, 7) is 2.13. The molecule has 1 aromatic rings. The van der Waals surface area contributed by atoms with Gasteiger partial charge in [0.2, 0.25) is 5.91 Å². The Morgan fingerprint density at radius 2 is 2.00 bits per heavy atom. The molecule has 88 valence electrons. The van der Waals surface area contributed by atoms with Crippen molar-refractivity contribution in [2.24, 2.45) is 0 Å².